The number of imide groups is 1. The number of H-pyrrole nitrogens is 1. The number of nitrogens with zero attached hydrogens (tertiary/aromatic N) is 1. The average molecular weight is 728 g/mol. The standard InChI is InChI=1S/C38H28F3N3O5S2/c39-38(40,41)21-6-3-7-23(15-21)44-35(46)30-25-16-26(31(30)36(44)47)32-29(25)28(33-34(50-32)43-37(48)51-33)19-9-12-24(13-10-19)49-17-27(45)42-22-11-8-18-4-1-2-5-20(18)14-22/h1-15,25-26,28-32H,16-17H2,(H,42,45)(H,43,48)/t25-,26-,28-,29?,30?,31?,32?/m1/s1. The van der Waals surface area contributed by atoms with Gasteiger partial charge in [0.05, 0.1) is 28.1 Å². The zero-order valence-electron chi connectivity index (χ0n) is 26.6. The van der Waals surface area contributed by atoms with Crippen molar-refractivity contribution in [3.8, 4) is 5.75 Å². The number of hydrogen-bond donors (Lipinski definition) is 2. The molecule has 1 aromatic heterocycles. The Hall–Kier alpha value is -4.88. The minimum absolute atomic E-state index is 0.0641. The molecule has 4 unspecified atom stereocenters. The number of rotatable bonds is 6. The van der Waals surface area contributed by atoms with E-state index in [1.54, 1.807) is 12.1 Å². The molecule has 2 saturated carbocycles. The maximum Gasteiger partial charge on any atom is 0.416 e. The summed E-state index contributed by atoms with van der Waals surface area (Å²) in [7, 11) is 0. The van der Waals surface area contributed by atoms with Crippen molar-refractivity contribution in [1.82, 2.24) is 4.98 Å². The van der Waals surface area contributed by atoms with Crippen LogP contribution in [-0.2, 0) is 20.6 Å². The number of aromatic amines is 1. The van der Waals surface area contributed by atoms with Crippen molar-refractivity contribution in [3.05, 3.63) is 117 Å². The van der Waals surface area contributed by atoms with E-state index in [1.807, 2.05) is 54.6 Å². The SMILES string of the molecule is O=C(COc1ccc([C@H]2c3sc(=O)[nH]c3SC3C2[C@H]2C[C@@H]3C3C(=O)N(c4cccc(C(F)(F)F)c4)C(=O)C32)cc1)Nc1ccc2ccccc2c1. The van der Waals surface area contributed by atoms with Gasteiger partial charge in [-0.2, -0.15) is 13.2 Å². The molecule has 2 bridgehead atoms. The number of nitrogens with one attached hydrogen (secondary N) is 2. The van der Waals surface area contributed by atoms with Crippen LogP contribution in [0.2, 0.25) is 0 Å². The van der Waals surface area contributed by atoms with Crippen molar-refractivity contribution < 1.29 is 32.3 Å². The maximum atomic E-state index is 14.0. The van der Waals surface area contributed by atoms with Gasteiger partial charge in [0.2, 0.25) is 11.8 Å². The molecule has 51 heavy (non-hydrogen) atoms. The third kappa shape index (κ3) is 5.27. The van der Waals surface area contributed by atoms with E-state index in [4.69, 9.17) is 4.74 Å². The summed E-state index contributed by atoms with van der Waals surface area (Å²) in [5.41, 5.74) is 0.588. The molecule has 13 heteroatoms. The summed E-state index contributed by atoms with van der Waals surface area (Å²) in [6.07, 6.45) is -3.97. The number of anilines is 2. The Labute approximate surface area is 297 Å². The monoisotopic (exact) mass is 727 g/mol. The molecule has 1 saturated heterocycles. The van der Waals surface area contributed by atoms with Crippen LogP contribution >= 0.6 is 23.1 Å². The highest BCUT2D eigenvalue weighted by atomic mass is 32.2. The van der Waals surface area contributed by atoms with E-state index in [9.17, 15) is 32.3 Å². The molecule has 2 aliphatic heterocycles. The van der Waals surface area contributed by atoms with Crippen molar-refractivity contribution in [2.45, 2.75) is 28.8 Å². The number of hydrogen-bond acceptors (Lipinski definition) is 7. The van der Waals surface area contributed by atoms with E-state index in [1.165, 1.54) is 23.9 Å². The molecule has 5 aromatic rings. The van der Waals surface area contributed by atoms with Gasteiger partial charge in [-0.1, -0.05) is 59.9 Å². The van der Waals surface area contributed by atoms with Crippen molar-refractivity contribution in [1.29, 1.82) is 0 Å². The zero-order chi connectivity index (χ0) is 35.2. The minimum Gasteiger partial charge on any atom is -0.484 e. The van der Waals surface area contributed by atoms with E-state index in [0.29, 0.717) is 17.9 Å². The molecule has 4 aliphatic rings. The Bertz CT molecular complexity index is 2300. The summed E-state index contributed by atoms with van der Waals surface area (Å²) in [4.78, 5) is 57.8. The fourth-order valence-corrected chi connectivity index (χ4v) is 11.7. The lowest BCUT2D eigenvalue weighted by molar-refractivity contribution is -0.137. The first-order chi connectivity index (χ1) is 24.5. The van der Waals surface area contributed by atoms with E-state index in [2.05, 4.69) is 10.3 Å². The van der Waals surface area contributed by atoms with Crippen LogP contribution in [0.3, 0.4) is 0 Å². The Morgan fingerprint density at radius 3 is 2.39 bits per heavy atom. The first-order valence-corrected chi connectivity index (χ1v) is 18.2. The maximum absolute atomic E-state index is 14.0. The Kier molecular flexibility index (Phi) is 7.44. The molecule has 4 aromatic carbocycles. The molecule has 2 aliphatic carbocycles. The van der Waals surface area contributed by atoms with E-state index >= 15 is 0 Å². The van der Waals surface area contributed by atoms with Crippen LogP contribution in [0.15, 0.2) is 101 Å². The van der Waals surface area contributed by atoms with Crippen molar-refractivity contribution >= 4 is 63.0 Å². The minimum atomic E-state index is -4.62. The Morgan fingerprint density at radius 2 is 1.63 bits per heavy atom. The van der Waals surface area contributed by atoms with E-state index < -0.39 is 35.4 Å². The number of alkyl halides is 3. The highest BCUT2D eigenvalue weighted by Gasteiger charge is 2.69. The van der Waals surface area contributed by atoms with E-state index in [0.717, 1.165) is 54.6 Å². The molecule has 0 radical (unpaired) electrons. The molecule has 2 N–H and O–H groups in total. The third-order valence-corrected chi connectivity index (χ3v) is 13.4. The summed E-state index contributed by atoms with van der Waals surface area (Å²) in [5.74, 6) is -2.73. The van der Waals surface area contributed by atoms with Gasteiger partial charge >= 0.3 is 11.0 Å². The first-order valence-electron chi connectivity index (χ1n) is 16.5. The molecule has 9 rings (SSSR count). The number of thioether (sulfide) groups is 1. The molecule has 3 amide bonds. The van der Waals surface area contributed by atoms with E-state index in [-0.39, 0.29) is 52.0 Å². The number of halogens is 3. The second-order valence-electron chi connectivity index (χ2n) is 13.5. The smallest absolute Gasteiger partial charge is 0.416 e. The predicted molar refractivity (Wildman–Crippen MR) is 187 cm³/mol. The first kappa shape index (κ1) is 32.1. The van der Waals surface area contributed by atoms with Gasteiger partial charge in [0, 0.05) is 21.7 Å². The summed E-state index contributed by atoms with van der Waals surface area (Å²) in [5, 5.41) is 5.61. The number of fused-ring (bicyclic) bond motifs is 10. The fraction of sp³-hybridized carbons (Fsp3) is 0.263. The molecule has 7 atom stereocenters. The molecular weight excluding hydrogens is 700 g/mol. The molecule has 258 valence electrons. The van der Waals surface area contributed by atoms with Gasteiger partial charge in [-0.15, -0.1) is 11.8 Å². The number of thiazole rings is 1. The van der Waals surface area contributed by atoms with Gasteiger partial charge in [0.1, 0.15) is 5.75 Å². The van der Waals surface area contributed by atoms with Crippen molar-refractivity contribution in [2.75, 3.05) is 16.8 Å². The second kappa shape index (κ2) is 11.8. The lowest BCUT2D eigenvalue weighted by Crippen LogP contribution is -2.42. The number of carbonyl (C=O) groups excluding carboxylic acids is 3. The van der Waals surface area contributed by atoms with Gasteiger partial charge in [0.25, 0.3) is 5.91 Å². The summed E-state index contributed by atoms with van der Waals surface area (Å²) < 4.78 is 46.4. The highest BCUT2D eigenvalue weighted by Crippen LogP contribution is 2.68. The van der Waals surface area contributed by atoms with Crippen LogP contribution in [-0.4, -0.2) is 34.6 Å². The zero-order valence-corrected chi connectivity index (χ0v) is 28.2. The normalized spacial score (nSPS) is 26.3. The predicted octanol–water partition coefficient (Wildman–Crippen LogP) is 7.30. The number of carbonyl (C=O) groups is 3. The number of benzene rings is 4. The van der Waals surface area contributed by atoms with Crippen molar-refractivity contribution in [3.63, 3.8) is 0 Å². The largest absolute Gasteiger partial charge is 0.484 e. The highest BCUT2D eigenvalue weighted by molar-refractivity contribution is 8.00. The van der Waals surface area contributed by atoms with Crippen LogP contribution in [0, 0.1) is 29.6 Å². The van der Waals surface area contributed by atoms with Gasteiger partial charge in [0.15, 0.2) is 6.61 Å². The van der Waals surface area contributed by atoms with Crippen LogP contribution < -0.4 is 19.8 Å². The van der Waals surface area contributed by atoms with Crippen LogP contribution in [0.5, 0.6) is 5.75 Å². The topological polar surface area (TPSA) is 109 Å². The quantitative estimate of drug-likeness (QED) is 0.178. The lowest BCUT2D eigenvalue weighted by Gasteiger charge is -2.43. The second-order valence-corrected chi connectivity index (χ2v) is 15.7. The Balaban J connectivity index is 0.958. The third-order valence-electron chi connectivity index (χ3n) is 10.8. The lowest BCUT2D eigenvalue weighted by atomic mass is 9.68. The fourth-order valence-electron chi connectivity index (χ4n) is 8.85. The molecular formula is C38H28F3N3O5S2. The summed E-state index contributed by atoms with van der Waals surface area (Å²) in [6, 6.07) is 25.3. The van der Waals surface area contributed by atoms with Crippen LogP contribution in [0.1, 0.15) is 28.3 Å². The summed E-state index contributed by atoms with van der Waals surface area (Å²) in [6.45, 7) is -0.203. The molecule has 3 fully saturated rings. The van der Waals surface area contributed by atoms with Gasteiger partial charge in [-0.05, 0) is 83.0 Å². The summed E-state index contributed by atoms with van der Waals surface area (Å²) >= 11 is 2.67. The molecule has 0 spiro atoms. The average Bonchev–Trinajstić information content (AvgIpc) is 3.86. The van der Waals surface area contributed by atoms with Crippen molar-refractivity contribution in [2.24, 2.45) is 29.6 Å². The number of amides is 3. The number of ether oxygens (including phenoxy) is 1. The molecule has 3 heterocycles. The van der Waals surface area contributed by atoms with Gasteiger partial charge < -0.3 is 15.0 Å². The number of aromatic nitrogens is 1. The Morgan fingerprint density at radius 1 is 0.882 bits per heavy atom. The van der Waals surface area contributed by atoms with Gasteiger partial charge in [-0.3, -0.25) is 24.1 Å². The molecule has 8 nitrogen and oxygen atoms in total. The van der Waals surface area contributed by atoms with Gasteiger partial charge in [-0.25, -0.2) is 0 Å². The van der Waals surface area contributed by atoms with Crippen LogP contribution in [0.25, 0.3) is 10.8 Å². The van der Waals surface area contributed by atoms with Crippen LogP contribution in [0.4, 0.5) is 24.5 Å².